The molecule has 2 aromatic rings. The van der Waals surface area contributed by atoms with Crippen LogP contribution in [0.1, 0.15) is 24.0 Å². The predicted molar refractivity (Wildman–Crippen MR) is 83.1 cm³/mol. The van der Waals surface area contributed by atoms with Crippen LogP contribution in [0.2, 0.25) is 0 Å². The van der Waals surface area contributed by atoms with Gasteiger partial charge in [0.25, 0.3) is 0 Å². The summed E-state index contributed by atoms with van der Waals surface area (Å²) in [5.41, 5.74) is 5.48. The lowest BCUT2D eigenvalue weighted by Crippen LogP contribution is -2.38. The molecule has 1 unspecified atom stereocenters. The maximum atomic E-state index is 14.4. The first-order chi connectivity index (χ1) is 11.3. The number of hydrogen-bond donors (Lipinski definition) is 3. The molecule has 1 aromatic carbocycles. The average molecular weight is 328 g/mol. The van der Waals surface area contributed by atoms with Crippen molar-refractivity contribution in [2.45, 2.75) is 19.0 Å². The third-order valence-electron chi connectivity index (χ3n) is 3.83. The van der Waals surface area contributed by atoms with Crippen molar-refractivity contribution >= 4 is 17.6 Å². The predicted octanol–water partition coefficient (Wildman–Crippen LogP) is 1.62. The fraction of sp³-hybridized carbons (Fsp3) is 0.200. The second-order valence-corrected chi connectivity index (χ2v) is 5.56. The number of nitrogens with zero attached hydrogens (tertiary/aromatic N) is 4. The minimum Gasteiger partial charge on any atom is -0.465 e. The second kappa shape index (κ2) is 5.34. The molecular weight excluding hydrogens is 315 g/mol. The van der Waals surface area contributed by atoms with Crippen LogP contribution in [0.25, 0.3) is 0 Å². The zero-order valence-electron chi connectivity index (χ0n) is 12.6. The molecule has 9 heteroatoms. The Hall–Kier alpha value is -3.41. The van der Waals surface area contributed by atoms with Crippen molar-refractivity contribution < 1.29 is 14.3 Å². The summed E-state index contributed by atoms with van der Waals surface area (Å²) in [5.74, 6) is -0.113. The molecule has 2 heterocycles. The maximum absolute atomic E-state index is 14.4. The molecule has 8 nitrogen and oxygen atoms in total. The van der Waals surface area contributed by atoms with Gasteiger partial charge in [-0.25, -0.2) is 14.2 Å². The minimum absolute atomic E-state index is 0.0845. The zero-order chi connectivity index (χ0) is 17.5. The Balaban J connectivity index is 2.11. The van der Waals surface area contributed by atoms with E-state index >= 15 is 0 Å². The van der Waals surface area contributed by atoms with Gasteiger partial charge in [0.1, 0.15) is 23.1 Å². The first kappa shape index (κ1) is 15.5. The molecule has 3 rings (SSSR count). The topological polar surface area (TPSA) is 129 Å². The normalized spacial score (nSPS) is 19.1. The van der Waals surface area contributed by atoms with Gasteiger partial charge in [0.05, 0.1) is 12.7 Å². The molecule has 0 radical (unpaired) electrons. The van der Waals surface area contributed by atoms with Crippen LogP contribution in [0.4, 0.5) is 14.9 Å². The molecule has 0 saturated heterocycles. The minimum atomic E-state index is -1.26. The van der Waals surface area contributed by atoms with E-state index in [4.69, 9.17) is 16.1 Å². The number of nitriles is 1. The largest absolute Gasteiger partial charge is 0.465 e. The summed E-state index contributed by atoms with van der Waals surface area (Å²) in [5, 5.41) is 20.2. The summed E-state index contributed by atoms with van der Waals surface area (Å²) in [6.07, 6.45) is 0.121. The van der Waals surface area contributed by atoms with E-state index in [1.54, 1.807) is 11.5 Å². The number of anilines is 1. The molecule has 0 bridgehead atoms. The number of carboxylic acid groups (broad SMARTS) is 1. The van der Waals surface area contributed by atoms with E-state index in [-0.39, 0.29) is 29.3 Å². The number of fused-ring (bicyclic) bond motifs is 1. The van der Waals surface area contributed by atoms with Crippen molar-refractivity contribution in [1.82, 2.24) is 9.55 Å². The van der Waals surface area contributed by atoms with E-state index in [2.05, 4.69) is 15.3 Å². The highest BCUT2D eigenvalue weighted by Crippen LogP contribution is 2.35. The number of nitrogens with one attached hydrogen (secondary N) is 1. The van der Waals surface area contributed by atoms with Gasteiger partial charge >= 0.3 is 6.09 Å². The summed E-state index contributed by atoms with van der Waals surface area (Å²) in [6.45, 7) is 1.81. The SMILES string of the molecule is CC1(c2cc(NC(=O)O)ccc2F)Cn2c(C#N)cnc2C(N)=N1. The number of imidazole rings is 1. The van der Waals surface area contributed by atoms with Gasteiger partial charge in [-0.3, -0.25) is 10.3 Å². The van der Waals surface area contributed by atoms with Crippen LogP contribution < -0.4 is 11.1 Å². The Morgan fingerprint density at radius 1 is 1.58 bits per heavy atom. The van der Waals surface area contributed by atoms with Crippen molar-refractivity contribution in [2.24, 2.45) is 10.7 Å². The lowest BCUT2D eigenvalue weighted by atomic mass is 9.90. The summed E-state index contributed by atoms with van der Waals surface area (Å²) < 4.78 is 15.9. The van der Waals surface area contributed by atoms with Gasteiger partial charge in [-0.1, -0.05) is 0 Å². The van der Waals surface area contributed by atoms with Gasteiger partial charge in [-0.15, -0.1) is 0 Å². The number of nitrogens with two attached hydrogens (primary N) is 1. The second-order valence-electron chi connectivity index (χ2n) is 5.56. The Morgan fingerprint density at radius 2 is 2.33 bits per heavy atom. The van der Waals surface area contributed by atoms with Crippen molar-refractivity contribution in [1.29, 1.82) is 5.26 Å². The third kappa shape index (κ3) is 2.44. The van der Waals surface area contributed by atoms with Gasteiger partial charge in [0.2, 0.25) is 0 Å². The number of benzene rings is 1. The number of halogens is 1. The lowest BCUT2D eigenvalue weighted by Gasteiger charge is -2.32. The van der Waals surface area contributed by atoms with Crippen molar-refractivity contribution in [3.05, 3.63) is 47.3 Å². The quantitative estimate of drug-likeness (QED) is 0.771. The summed E-state index contributed by atoms with van der Waals surface area (Å²) >= 11 is 0. The Bertz CT molecular complexity index is 913. The zero-order valence-corrected chi connectivity index (χ0v) is 12.6. The first-order valence-corrected chi connectivity index (χ1v) is 6.95. The molecule has 1 aromatic heterocycles. The Labute approximate surface area is 136 Å². The number of aromatic nitrogens is 2. The number of amidine groups is 1. The lowest BCUT2D eigenvalue weighted by molar-refractivity contribution is 0.209. The van der Waals surface area contributed by atoms with E-state index < -0.39 is 17.4 Å². The molecule has 0 aliphatic carbocycles. The highest BCUT2D eigenvalue weighted by Gasteiger charge is 2.36. The van der Waals surface area contributed by atoms with E-state index in [0.29, 0.717) is 5.82 Å². The van der Waals surface area contributed by atoms with Gasteiger partial charge in [0.15, 0.2) is 11.7 Å². The number of hydrogen-bond acceptors (Lipinski definition) is 5. The van der Waals surface area contributed by atoms with E-state index in [1.807, 2.05) is 6.07 Å². The van der Waals surface area contributed by atoms with Crippen LogP contribution in [0.3, 0.4) is 0 Å². The average Bonchev–Trinajstić information content (AvgIpc) is 2.91. The Morgan fingerprint density at radius 3 is 3.00 bits per heavy atom. The highest BCUT2D eigenvalue weighted by atomic mass is 19.1. The number of carbonyl (C=O) groups is 1. The molecule has 1 atom stereocenters. The molecule has 24 heavy (non-hydrogen) atoms. The summed E-state index contributed by atoms with van der Waals surface area (Å²) in [7, 11) is 0. The van der Waals surface area contributed by atoms with Crippen molar-refractivity contribution in [3.8, 4) is 6.07 Å². The molecule has 1 aliphatic rings. The van der Waals surface area contributed by atoms with Crippen LogP contribution >= 0.6 is 0 Å². The maximum Gasteiger partial charge on any atom is 0.409 e. The molecule has 1 aliphatic heterocycles. The van der Waals surface area contributed by atoms with Crippen molar-refractivity contribution in [2.75, 3.05) is 5.32 Å². The van der Waals surface area contributed by atoms with Gasteiger partial charge in [0, 0.05) is 11.3 Å². The summed E-state index contributed by atoms with van der Waals surface area (Å²) in [6, 6.07) is 5.85. The van der Waals surface area contributed by atoms with Crippen LogP contribution in [-0.4, -0.2) is 26.6 Å². The van der Waals surface area contributed by atoms with Crippen LogP contribution in [-0.2, 0) is 12.1 Å². The molecule has 0 spiro atoms. The standard InChI is InChI=1S/C15H13FN6O2/c1-15(10-4-8(20-14(23)24)2-3-11(10)16)7-22-9(5-17)6-19-13(22)12(18)21-15/h2-4,6,20H,7H2,1H3,(H2,18,21)(H,23,24). The number of aliphatic imine (C=N–C) groups is 1. The highest BCUT2D eigenvalue weighted by molar-refractivity contribution is 5.95. The number of amides is 1. The molecule has 0 saturated carbocycles. The number of rotatable bonds is 2. The smallest absolute Gasteiger partial charge is 0.409 e. The van der Waals surface area contributed by atoms with Crippen LogP contribution in [0, 0.1) is 17.1 Å². The Kier molecular flexibility index (Phi) is 3.45. The van der Waals surface area contributed by atoms with Crippen molar-refractivity contribution in [3.63, 3.8) is 0 Å². The van der Waals surface area contributed by atoms with Gasteiger partial charge in [-0.05, 0) is 25.1 Å². The monoisotopic (exact) mass is 328 g/mol. The fourth-order valence-electron chi connectivity index (χ4n) is 2.77. The van der Waals surface area contributed by atoms with E-state index in [9.17, 15) is 9.18 Å². The van der Waals surface area contributed by atoms with Gasteiger partial charge in [-0.2, -0.15) is 5.26 Å². The van der Waals surface area contributed by atoms with Crippen LogP contribution in [0.5, 0.6) is 0 Å². The third-order valence-corrected chi connectivity index (χ3v) is 3.83. The van der Waals surface area contributed by atoms with E-state index in [1.165, 1.54) is 18.3 Å². The fourth-order valence-corrected chi connectivity index (χ4v) is 2.77. The molecular formula is C15H13FN6O2. The molecule has 1 amide bonds. The van der Waals surface area contributed by atoms with Crippen LogP contribution in [0.15, 0.2) is 29.4 Å². The van der Waals surface area contributed by atoms with Gasteiger partial charge < -0.3 is 15.4 Å². The molecule has 0 fully saturated rings. The first-order valence-electron chi connectivity index (χ1n) is 6.95. The molecule has 4 N–H and O–H groups in total. The summed E-state index contributed by atoms with van der Waals surface area (Å²) in [4.78, 5) is 19.2. The van der Waals surface area contributed by atoms with E-state index in [0.717, 1.165) is 6.07 Å². The molecule has 122 valence electrons.